The average Bonchev–Trinajstić information content (AvgIpc) is 2.34. The Labute approximate surface area is 105 Å². The summed E-state index contributed by atoms with van der Waals surface area (Å²) in [6.07, 6.45) is 2.88. The Morgan fingerprint density at radius 1 is 1.59 bits per heavy atom. The fourth-order valence-corrected chi connectivity index (χ4v) is 1.48. The number of aromatic nitrogens is 1. The fraction of sp³-hybridized carbons (Fsp3) is 0.500. The number of nitrogens with one attached hydrogen (secondary N) is 1. The van der Waals surface area contributed by atoms with E-state index >= 15 is 0 Å². The van der Waals surface area contributed by atoms with Crippen molar-refractivity contribution in [2.45, 2.75) is 19.8 Å². The fourth-order valence-electron chi connectivity index (χ4n) is 1.33. The molecule has 1 atom stereocenters. The van der Waals surface area contributed by atoms with E-state index in [1.54, 1.807) is 0 Å². The average molecular weight is 259 g/mol. The number of hydrogen-bond acceptors (Lipinski definition) is 2. The van der Waals surface area contributed by atoms with Gasteiger partial charge >= 0.3 is 0 Å². The van der Waals surface area contributed by atoms with Gasteiger partial charge in [-0.3, -0.25) is 4.79 Å². The summed E-state index contributed by atoms with van der Waals surface area (Å²) < 4.78 is 12.6. The van der Waals surface area contributed by atoms with Gasteiger partial charge in [-0.1, -0.05) is 6.92 Å². The topological polar surface area (TPSA) is 42.0 Å². The zero-order valence-electron chi connectivity index (χ0n) is 9.75. The van der Waals surface area contributed by atoms with E-state index in [9.17, 15) is 9.18 Å². The van der Waals surface area contributed by atoms with Crippen LogP contribution in [0.5, 0.6) is 0 Å². The van der Waals surface area contributed by atoms with Crippen molar-refractivity contribution in [3.05, 3.63) is 29.8 Å². The first kappa shape index (κ1) is 13.9. The molecule has 1 rings (SSSR count). The van der Waals surface area contributed by atoms with Gasteiger partial charge in [0.1, 0.15) is 11.5 Å². The van der Waals surface area contributed by atoms with Crippen LogP contribution in [0.1, 0.15) is 30.3 Å². The zero-order valence-corrected chi connectivity index (χ0v) is 10.5. The van der Waals surface area contributed by atoms with Gasteiger partial charge < -0.3 is 5.32 Å². The Morgan fingerprint density at radius 2 is 2.35 bits per heavy atom. The molecule has 1 amide bonds. The Hall–Kier alpha value is -1.16. The zero-order chi connectivity index (χ0) is 12.7. The molecule has 0 aliphatic rings. The van der Waals surface area contributed by atoms with Gasteiger partial charge in [-0.05, 0) is 30.9 Å². The molecule has 1 N–H and O–H groups in total. The van der Waals surface area contributed by atoms with Gasteiger partial charge in [-0.25, -0.2) is 9.37 Å². The summed E-state index contributed by atoms with van der Waals surface area (Å²) in [6.45, 7) is 2.65. The third kappa shape index (κ3) is 5.13. The van der Waals surface area contributed by atoms with Crippen molar-refractivity contribution >= 4 is 17.5 Å². The summed E-state index contributed by atoms with van der Waals surface area (Å²) in [5, 5.41) is 2.73. The number of carbonyl (C=O) groups is 1. The first-order chi connectivity index (χ1) is 8.13. The van der Waals surface area contributed by atoms with Crippen LogP contribution in [0.15, 0.2) is 18.3 Å². The van der Waals surface area contributed by atoms with Gasteiger partial charge in [0.2, 0.25) is 0 Å². The summed E-state index contributed by atoms with van der Waals surface area (Å²) in [7, 11) is 0. The molecule has 0 aliphatic carbocycles. The maximum atomic E-state index is 12.6. The molecule has 0 radical (unpaired) electrons. The highest BCUT2D eigenvalue weighted by Crippen LogP contribution is 2.06. The molecular formula is C12H16ClFN2O. The van der Waals surface area contributed by atoms with Crippen molar-refractivity contribution in [1.29, 1.82) is 0 Å². The minimum atomic E-state index is -0.447. The highest BCUT2D eigenvalue weighted by molar-refractivity contribution is 6.18. The van der Waals surface area contributed by atoms with E-state index < -0.39 is 5.82 Å². The lowest BCUT2D eigenvalue weighted by molar-refractivity contribution is 0.0947. The third-order valence-corrected chi connectivity index (χ3v) is 2.91. The standard InChI is InChI=1S/C12H16ClFN2O/c1-9(7-13)3-2-6-15-12(17)11-5-4-10(14)8-16-11/h4-5,8-9H,2-3,6-7H2,1H3,(H,15,17). The van der Waals surface area contributed by atoms with Crippen LogP contribution in [-0.4, -0.2) is 23.3 Å². The van der Waals surface area contributed by atoms with Crippen molar-refractivity contribution in [3.8, 4) is 0 Å². The van der Waals surface area contributed by atoms with Crippen molar-refractivity contribution in [2.24, 2.45) is 5.92 Å². The summed E-state index contributed by atoms with van der Waals surface area (Å²) >= 11 is 5.67. The molecule has 0 fully saturated rings. The van der Waals surface area contributed by atoms with E-state index in [-0.39, 0.29) is 11.6 Å². The summed E-state index contributed by atoms with van der Waals surface area (Å²) in [5.74, 6) is 0.367. The van der Waals surface area contributed by atoms with Gasteiger partial charge in [-0.2, -0.15) is 0 Å². The SMILES string of the molecule is CC(CCl)CCCNC(=O)c1ccc(F)cn1. The maximum Gasteiger partial charge on any atom is 0.269 e. The lowest BCUT2D eigenvalue weighted by Crippen LogP contribution is -2.25. The molecule has 1 aromatic rings. The molecule has 0 saturated heterocycles. The minimum Gasteiger partial charge on any atom is -0.351 e. The summed E-state index contributed by atoms with van der Waals surface area (Å²) in [6, 6.07) is 2.59. The van der Waals surface area contributed by atoms with E-state index in [1.165, 1.54) is 12.1 Å². The lowest BCUT2D eigenvalue weighted by Gasteiger charge is -2.07. The first-order valence-corrected chi connectivity index (χ1v) is 6.12. The highest BCUT2D eigenvalue weighted by Gasteiger charge is 2.06. The molecule has 1 unspecified atom stereocenters. The largest absolute Gasteiger partial charge is 0.351 e. The van der Waals surface area contributed by atoms with Crippen LogP contribution >= 0.6 is 11.6 Å². The number of halogens is 2. The summed E-state index contributed by atoms with van der Waals surface area (Å²) in [5.41, 5.74) is 0.233. The Kier molecular flexibility index (Phi) is 5.91. The van der Waals surface area contributed by atoms with Crippen LogP contribution < -0.4 is 5.32 Å². The smallest absolute Gasteiger partial charge is 0.269 e. The number of pyridine rings is 1. The Morgan fingerprint density at radius 3 is 2.94 bits per heavy atom. The molecule has 94 valence electrons. The van der Waals surface area contributed by atoms with Gasteiger partial charge in [0.25, 0.3) is 5.91 Å². The molecule has 1 heterocycles. The van der Waals surface area contributed by atoms with Crippen LogP contribution in [0, 0.1) is 11.7 Å². The molecule has 0 aromatic carbocycles. The second-order valence-corrected chi connectivity index (χ2v) is 4.33. The van der Waals surface area contributed by atoms with Crippen LogP contribution in [0.4, 0.5) is 4.39 Å². The molecular weight excluding hydrogens is 243 g/mol. The number of alkyl halides is 1. The molecule has 0 spiro atoms. The maximum absolute atomic E-state index is 12.6. The minimum absolute atomic E-state index is 0.233. The van der Waals surface area contributed by atoms with E-state index in [0.29, 0.717) is 18.3 Å². The monoisotopic (exact) mass is 258 g/mol. The quantitative estimate of drug-likeness (QED) is 0.630. The number of carbonyl (C=O) groups excluding carboxylic acids is 1. The molecule has 17 heavy (non-hydrogen) atoms. The molecule has 0 saturated carbocycles. The number of amides is 1. The number of nitrogens with zero attached hydrogens (tertiary/aromatic N) is 1. The molecule has 0 bridgehead atoms. The van der Waals surface area contributed by atoms with Crippen molar-refractivity contribution in [1.82, 2.24) is 10.3 Å². The Balaban J connectivity index is 2.28. The Bertz CT molecular complexity index is 356. The van der Waals surface area contributed by atoms with Crippen LogP contribution in [0.25, 0.3) is 0 Å². The van der Waals surface area contributed by atoms with Crippen molar-refractivity contribution in [2.75, 3.05) is 12.4 Å². The van der Waals surface area contributed by atoms with E-state index in [1.807, 2.05) is 0 Å². The molecule has 1 aromatic heterocycles. The lowest BCUT2D eigenvalue weighted by atomic mass is 10.1. The molecule has 5 heteroatoms. The van der Waals surface area contributed by atoms with E-state index in [2.05, 4.69) is 17.2 Å². The normalized spacial score (nSPS) is 12.2. The number of hydrogen-bond donors (Lipinski definition) is 1. The molecule has 0 aliphatic heterocycles. The van der Waals surface area contributed by atoms with Gasteiger partial charge in [-0.15, -0.1) is 11.6 Å². The highest BCUT2D eigenvalue weighted by atomic mass is 35.5. The van der Waals surface area contributed by atoms with Gasteiger partial charge in [0.15, 0.2) is 0 Å². The molecule has 3 nitrogen and oxygen atoms in total. The van der Waals surface area contributed by atoms with Crippen molar-refractivity contribution < 1.29 is 9.18 Å². The predicted molar refractivity (Wildman–Crippen MR) is 65.6 cm³/mol. The van der Waals surface area contributed by atoms with E-state index in [0.717, 1.165) is 19.0 Å². The summed E-state index contributed by atoms with van der Waals surface area (Å²) in [4.78, 5) is 15.2. The van der Waals surface area contributed by atoms with Crippen LogP contribution in [0.2, 0.25) is 0 Å². The van der Waals surface area contributed by atoms with Crippen LogP contribution in [0.3, 0.4) is 0 Å². The van der Waals surface area contributed by atoms with Gasteiger partial charge in [0.05, 0.1) is 6.20 Å². The van der Waals surface area contributed by atoms with E-state index in [4.69, 9.17) is 11.6 Å². The third-order valence-electron chi connectivity index (χ3n) is 2.38. The van der Waals surface area contributed by atoms with Crippen molar-refractivity contribution in [3.63, 3.8) is 0 Å². The second kappa shape index (κ2) is 7.22. The second-order valence-electron chi connectivity index (χ2n) is 4.02. The first-order valence-electron chi connectivity index (χ1n) is 5.59. The number of rotatable bonds is 6. The predicted octanol–water partition coefficient (Wildman–Crippen LogP) is 2.61. The van der Waals surface area contributed by atoms with Crippen LogP contribution in [-0.2, 0) is 0 Å². The van der Waals surface area contributed by atoms with Gasteiger partial charge in [0, 0.05) is 12.4 Å².